The van der Waals surface area contributed by atoms with Gasteiger partial charge in [-0.3, -0.25) is 4.79 Å². The first-order chi connectivity index (χ1) is 21.2. The predicted octanol–water partition coefficient (Wildman–Crippen LogP) is 10.4. The van der Waals surface area contributed by atoms with Crippen LogP contribution in [0.4, 0.5) is 0 Å². The fourth-order valence-corrected chi connectivity index (χ4v) is 4.71. The zero-order valence-electron chi connectivity index (χ0n) is 27.9. The van der Waals surface area contributed by atoms with Gasteiger partial charge in [-0.25, -0.2) is 0 Å². The minimum absolute atomic E-state index is 0.102. The topological polar surface area (TPSA) is 69.6 Å². The third-order valence-corrected chi connectivity index (χ3v) is 7.42. The van der Waals surface area contributed by atoms with Gasteiger partial charge in [0.15, 0.2) is 0 Å². The molecule has 0 bridgehead atoms. The molecule has 0 radical (unpaired) electrons. The largest absolute Gasteiger partial charge is 0.394 e. The van der Waals surface area contributed by atoms with Crippen LogP contribution in [0.3, 0.4) is 0 Å². The number of hydrogen-bond acceptors (Lipinski definition) is 3. The van der Waals surface area contributed by atoms with Crippen LogP contribution < -0.4 is 5.32 Å². The summed E-state index contributed by atoms with van der Waals surface area (Å²) in [4.78, 5) is 12.3. The molecule has 2 unspecified atom stereocenters. The number of hydrogen-bond donors (Lipinski definition) is 3. The van der Waals surface area contributed by atoms with Crippen molar-refractivity contribution in [1.29, 1.82) is 0 Å². The van der Waals surface area contributed by atoms with Gasteiger partial charge in [0.25, 0.3) is 0 Å². The second-order valence-corrected chi connectivity index (χ2v) is 11.5. The number of allylic oxidation sites excluding steroid dienone is 11. The van der Waals surface area contributed by atoms with E-state index >= 15 is 0 Å². The van der Waals surface area contributed by atoms with Gasteiger partial charge in [-0.15, -0.1) is 0 Å². The van der Waals surface area contributed by atoms with Crippen LogP contribution in [0.25, 0.3) is 0 Å². The summed E-state index contributed by atoms with van der Waals surface area (Å²) in [5, 5.41) is 22.8. The van der Waals surface area contributed by atoms with Gasteiger partial charge < -0.3 is 15.5 Å². The van der Waals surface area contributed by atoms with Gasteiger partial charge in [0.05, 0.1) is 18.8 Å². The van der Waals surface area contributed by atoms with Crippen LogP contribution in [-0.4, -0.2) is 34.9 Å². The van der Waals surface area contributed by atoms with Crippen molar-refractivity contribution in [3.63, 3.8) is 0 Å². The number of rotatable bonds is 30. The molecule has 1 amide bonds. The molecule has 0 aromatic rings. The number of aliphatic hydroxyl groups is 2. The summed E-state index contributed by atoms with van der Waals surface area (Å²) in [6.45, 7) is 4.14. The molecule has 0 aromatic carbocycles. The lowest BCUT2D eigenvalue weighted by atomic mass is 10.1. The Kier molecular flexibility index (Phi) is 32.6. The monoisotopic (exact) mass is 598 g/mol. The van der Waals surface area contributed by atoms with Crippen molar-refractivity contribution in [1.82, 2.24) is 5.32 Å². The minimum Gasteiger partial charge on any atom is -0.394 e. The van der Waals surface area contributed by atoms with E-state index in [9.17, 15) is 15.0 Å². The van der Waals surface area contributed by atoms with Crippen molar-refractivity contribution < 1.29 is 15.0 Å². The number of carbonyl (C=O) groups is 1. The Morgan fingerprint density at radius 1 is 0.581 bits per heavy atom. The normalized spacial score (nSPS) is 14.0. The first-order valence-electron chi connectivity index (χ1n) is 17.7. The van der Waals surface area contributed by atoms with Crippen LogP contribution in [0, 0.1) is 0 Å². The maximum atomic E-state index is 12.3. The van der Waals surface area contributed by atoms with Gasteiger partial charge in [-0.05, 0) is 70.6 Å². The average molecular weight is 598 g/mol. The number of nitrogens with one attached hydrogen (secondary N) is 1. The number of amides is 1. The molecule has 2 atom stereocenters. The summed E-state index contributed by atoms with van der Waals surface area (Å²) in [5.41, 5.74) is 0. The summed E-state index contributed by atoms with van der Waals surface area (Å²) in [6, 6.07) is -0.653. The van der Waals surface area contributed by atoms with E-state index in [0.717, 1.165) is 77.0 Å². The smallest absolute Gasteiger partial charge is 0.220 e. The number of unbranched alkanes of at least 4 members (excludes halogenated alkanes) is 13. The summed E-state index contributed by atoms with van der Waals surface area (Å²) >= 11 is 0. The van der Waals surface area contributed by atoms with Crippen molar-refractivity contribution in [3.8, 4) is 0 Å². The van der Waals surface area contributed by atoms with Crippen LogP contribution in [-0.2, 0) is 4.79 Å². The van der Waals surface area contributed by atoms with E-state index in [4.69, 9.17) is 0 Å². The van der Waals surface area contributed by atoms with Gasteiger partial charge >= 0.3 is 0 Å². The van der Waals surface area contributed by atoms with Crippen LogP contribution >= 0.6 is 0 Å². The number of carbonyl (C=O) groups excluding carboxylic acids is 1. The standard InChI is InChI=1S/C39H67NO3/c1-3-5-7-9-11-13-15-17-19-20-21-23-25-27-29-31-33-35-39(43)40-37(36-41)38(42)34-32-30-28-26-24-22-18-16-14-12-10-8-6-4-2/h5,7,11,13,17,19,21,23-24,26,32,34,37-38,41-42H,3-4,6,8-10,12,14-16,18,20,22,25,27-31,33,35-36H2,1-2H3,(H,40,43)/b7-5-,13-11-,19-17-,23-21-,26-24+,34-32+. The Bertz CT molecular complexity index is 777. The summed E-state index contributed by atoms with van der Waals surface area (Å²) in [6.07, 6.45) is 48.4. The van der Waals surface area contributed by atoms with E-state index in [1.54, 1.807) is 6.08 Å². The summed E-state index contributed by atoms with van der Waals surface area (Å²) in [7, 11) is 0. The third kappa shape index (κ3) is 31.1. The Morgan fingerprint density at radius 3 is 1.63 bits per heavy atom. The van der Waals surface area contributed by atoms with E-state index in [2.05, 4.69) is 79.9 Å². The van der Waals surface area contributed by atoms with Crippen molar-refractivity contribution in [2.24, 2.45) is 0 Å². The van der Waals surface area contributed by atoms with E-state index < -0.39 is 12.1 Å². The van der Waals surface area contributed by atoms with Crippen molar-refractivity contribution in [3.05, 3.63) is 72.9 Å². The molecule has 0 saturated carbocycles. The highest BCUT2D eigenvalue weighted by Gasteiger charge is 2.17. The molecule has 0 aromatic heterocycles. The molecule has 0 aliphatic rings. The fraction of sp³-hybridized carbons (Fsp3) is 0.667. The molecule has 0 rings (SSSR count). The highest BCUT2D eigenvalue weighted by atomic mass is 16.3. The number of aliphatic hydroxyl groups excluding tert-OH is 2. The molecule has 0 aliphatic heterocycles. The molecule has 0 spiro atoms. The second-order valence-electron chi connectivity index (χ2n) is 11.5. The Morgan fingerprint density at radius 2 is 1.05 bits per heavy atom. The minimum atomic E-state index is -0.874. The first-order valence-corrected chi connectivity index (χ1v) is 17.7. The lowest BCUT2D eigenvalue weighted by molar-refractivity contribution is -0.123. The Balaban J connectivity index is 3.78. The summed E-state index contributed by atoms with van der Waals surface area (Å²) in [5.74, 6) is -0.102. The maximum Gasteiger partial charge on any atom is 0.220 e. The van der Waals surface area contributed by atoms with Crippen LogP contribution in [0.1, 0.15) is 149 Å². The highest BCUT2D eigenvalue weighted by molar-refractivity contribution is 5.76. The molecule has 0 heterocycles. The van der Waals surface area contributed by atoms with Gasteiger partial charge in [0.2, 0.25) is 5.91 Å². The van der Waals surface area contributed by atoms with Gasteiger partial charge in [-0.1, -0.05) is 145 Å². The summed E-state index contributed by atoms with van der Waals surface area (Å²) < 4.78 is 0. The molecule has 0 fully saturated rings. The quantitative estimate of drug-likeness (QED) is 0.0570. The van der Waals surface area contributed by atoms with E-state index in [-0.39, 0.29) is 12.5 Å². The van der Waals surface area contributed by atoms with Gasteiger partial charge in [0, 0.05) is 6.42 Å². The SMILES string of the molecule is CC/C=C\C/C=C\C/C=C\C/C=C\CCCCCCC(=O)NC(CO)C(O)/C=C/CC/C=C/CCCCCCCCCC. The van der Waals surface area contributed by atoms with E-state index in [1.165, 1.54) is 51.4 Å². The molecular formula is C39H67NO3. The third-order valence-electron chi connectivity index (χ3n) is 7.42. The predicted molar refractivity (Wildman–Crippen MR) is 188 cm³/mol. The zero-order chi connectivity index (χ0) is 31.5. The Hall–Kier alpha value is -2.17. The molecule has 43 heavy (non-hydrogen) atoms. The maximum absolute atomic E-state index is 12.3. The fourth-order valence-electron chi connectivity index (χ4n) is 4.71. The van der Waals surface area contributed by atoms with Crippen LogP contribution in [0.2, 0.25) is 0 Å². The molecule has 3 N–H and O–H groups in total. The first kappa shape index (κ1) is 40.8. The van der Waals surface area contributed by atoms with Crippen molar-refractivity contribution >= 4 is 5.91 Å². The lowest BCUT2D eigenvalue weighted by Gasteiger charge is -2.19. The van der Waals surface area contributed by atoms with E-state index in [1.807, 2.05) is 6.08 Å². The van der Waals surface area contributed by atoms with Gasteiger partial charge in [0.1, 0.15) is 0 Å². The van der Waals surface area contributed by atoms with Crippen LogP contribution in [0.5, 0.6) is 0 Å². The van der Waals surface area contributed by atoms with Crippen molar-refractivity contribution in [2.75, 3.05) is 6.61 Å². The zero-order valence-corrected chi connectivity index (χ0v) is 27.9. The average Bonchev–Trinajstić information content (AvgIpc) is 3.01. The highest BCUT2D eigenvalue weighted by Crippen LogP contribution is 2.10. The second kappa shape index (κ2) is 34.3. The molecule has 4 nitrogen and oxygen atoms in total. The molecular weight excluding hydrogens is 530 g/mol. The molecule has 0 saturated heterocycles. The van der Waals surface area contributed by atoms with Gasteiger partial charge in [-0.2, -0.15) is 0 Å². The molecule has 246 valence electrons. The Labute approximate surface area is 266 Å². The molecule has 4 heteroatoms. The van der Waals surface area contributed by atoms with Crippen molar-refractivity contribution in [2.45, 2.75) is 161 Å². The van der Waals surface area contributed by atoms with E-state index in [0.29, 0.717) is 6.42 Å². The lowest BCUT2D eigenvalue weighted by Crippen LogP contribution is -2.45. The molecule has 0 aliphatic carbocycles. The van der Waals surface area contributed by atoms with Crippen LogP contribution in [0.15, 0.2) is 72.9 Å².